The largest absolute Gasteiger partial charge is 0.321 e. The van der Waals surface area contributed by atoms with Gasteiger partial charge < -0.3 is 5.32 Å². The van der Waals surface area contributed by atoms with Gasteiger partial charge in [-0.15, -0.1) is 5.10 Å². The summed E-state index contributed by atoms with van der Waals surface area (Å²) >= 11 is 0. The summed E-state index contributed by atoms with van der Waals surface area (Å²) in [5.74, 6) is -0.249. The van der Waals surface area contributed by atoms with E-state index in [2.05, 4.69) is 15.5 Å². The monoisotopic (exact) mass is 227 g/mol. The molecule has 0 saturated heterocycles. The lowest BCUT2D eigenvalue weighted by atomic mass is 10.2. The number of nitrogens with one attached hydrogen (secondary N) is 1. The first kappa shape index (κ1) is 11.3. The number of aryl methyl sites for hydroxylation is 2. The number of hydrogen-bond acceptors (Lipinski definition) is 3. The molecule has 0 fully saturated rings. The number of carbonyl (C=O) groups excluding carboxylic acids is 1. The van der Waals surface area contributed by atoms with Gasteiger partial charge in [-0.2, -0.15) is 5.10 Å². The van der Waals surface area contributed by atoms with Crippen LogP contribution in [-0.2, 0) is 0 Å². The van der Waals surface area contributed by atoms with Gasteiger partial charge in [-0.3, -0.25) is 4.79 Å². The zero-order valence-corrected chi connectivity index (χ0v) is 9.77. The van der Waals surface area contributed by atoms with Crippen LogP contribution in [0.15, 0.2) is 36.4 Å². The topological polar surface area (TPSA) is 54.9 Å². The zero-order chi connectivity index (χ0) is 12.3. The predicted molar refractivity (Wildman–Crippen MR) is 65.9 cm³/mol. The van der Waals surface area contributed by atoms with Crippen molar-refractivity contribution in [2.75, 3.05) is 5.32 Å². The minimum atomic E-state index is -0.249. The summed E-state index contributed by atoms with van der Waals surface area (Å²) in [5.41, 5.74) is 3.01. The van der Waals surface area contributed by atoms with Crippen LogP contribution in [0, 0.1) is 13.8 Å². The molecule has 1 aromatic carbocycles. The van der Waals surface area contributed by atoms with Gasteiger partial charge in [-0.1, -0.05) is 17.7 Å². The van der Waals surface area contributed by atoms with Crippen LogP contribution in [0.25, 0.3) is 0 Å². The van der Waals surface area contributed by atoms with Crippen LogP contribution in [0.2, 0.25) is 0 Å². The number of benzene rings is 1. The van der Waals surface area contributed by atoms with Crippen molar-refractivity contribution in [3.63, 3.8) is 0 Å². The summed E-state index contributed by atoms with van der Waals surface area (Å²) in [4.78, 5) is 11.8. The van der Waals surface area contributed by atoms with Gasteiger partial charge in [-0.25, -0.2) is 0 Å². The molecule has 0 unspecified atom stereocenters. The molecular weight excluding hydrogens is 214 g/mol. The van der Waals surface area contributed by atoms with E-state index in [1.54, 1.807) is 12.1 Å². The molecule has 0 radical (unpaired) electrons. The van der Waals surface area contributed by atoms with Crippen molar-refractivity contribution in [2.45, 2.75) is 13.8 Å². The number of rotatable bonds is 2. The third kappa shape index (κ3) is 2.87. The van der Waals surface area contributed by atoms with Crippen LogP contribution in [0.1, 0.15) is 21.7 Å². The fourth-order valence-corrected chi connectivity index (χ4v) is 1.35. The molecule has 1 aromatic heterocycles. The number of aromatic nitrogens is 2. The van der Waals surface area contributed by atoms with Crippen LogP contribution < -0.4 is 5.32 Å². The molecule has 1 N–H and O–H groups in total. The van der Waals surface area contributed by atoms with Gasteiger partial charge in [0.25, 0.3) is 5.91 Å². The van der Waals surface area contributed by atoms with E-state index in [4.69, 9.17) is 0 Å². The Labute approximate surface area is 99.7 Å². The molecule has 86 valence electrons. The van der Waals surface area contributed by atoms with Gasteiger partial charge in [0.1, 0.15) is 0 Å². The second-order valence-corrected chi connectivity index (χ2v) is 3.88. The zero-order valence-electron chi connectivity index (χ0n) is 9.77. The number of carbonyl (C=O) groups is 1. The van der Waals surface area contributed by atoms with Crippen LogP contribution >= 0.6 is 0 Å². The SMILES string of the molecule is Cc1ccc(NC(=O)c2ccc(C)nn2)cc1. The smallest absolute Gasteiger partial charge is 0.276 e. The second-order valence-electron chi connectivity index (χ2n) is 3.88. The van der Waals surface area contributed by atoms with Crippen molar-refractivity contribution in [3.05, 3.63) is 53.3 Å². The van der Waals surface area contributed by atoms with Crippen LogP contribution in [-0.4, -0.2) is 16.1 Å². The summed E-state index contributed by atoms with van der Waals surface area (Å²) in [7, 11) is 0. The maximum absolute atomic E-state index is 11.8. The summed E-state index contributed by atoms with van der Waals surface area (Å²) in [5, 5.41) is 10.4. The van der Waals surface area contributed by atoms with Gasteiger partial charge in [0.2, 0.25) is 0 Å². The summed E-state index contributed by atoms with van der Waals surface area (Å²) in [6.45, 7) is 3.83. The van der Waals surface area contributed by atoms with Crippen LogP contribution in [0.3, 0.4) is 0 Å². The number of amides is 1. The molecule has 1 amide bonds. The highest BCUT2D eigenvalue weighted by Gasteiger charge is 2.07. The van der Waals surface area contributed by atoms with E-state index in [1.165, 1.54) is 0 Å². The third-order valence-corrected chi connectivity index (χ3v) is 2.34. The molecule has 0 bridgehead atoms. The molecule has 17 heavy (non-hydrogen) atoms. The van der Waals surface area contributed by atoms with Crippen molar-refractivity contribution >= 4 is 11.6 Å². The predicted octanol–water partition coefficient (Wildman–Crippen LogP) is 2.35. The summed E-state index contributed by atoms with van der Waals surface area (Å²) in [6.07, 6.45) is 0. The lowest BCUT2D eigenvalue weighted by Crippen LogP contribution is -2.14. The Balaban J connectivity index is 2.11. The fraction of sp³-hybridized carbons (Fsp3) is 0.154. The Morgan fingerprint density at radius 1 is 1.00 bits per heavy atom. The highest BCUT2D eigenvalue weighted by Crippen LogP contribution is 2.09. The van der Waals surface area contributed by atoms with Crippen molar-refractivity contribution in [1.29, 1.82) is 0 Å². The minimum absolute atomic E-state index is 0.249. The van der Waals surface area contributed by atoms with Gasteiger partial charge in [0, 0.05) is 5.69 Å². The first-order valence-corrected chi connectivity index (χ1v) is 5.33. The molecule has 0 spiro atoms. The maximum Gasteiger partial charge on any atom is 0.276 e. The Morgan fingerprint density at radius 2 is 1.71 bits per heavy atom. The molecular formula is C13H13N3O. The van der Waals surface area contributed by atoms with Crippen molar-refractivity contribution < 1.29 is 4.79 Å². The minimum Gasteiger partial charge on any atom is -0.321 e. The van der Waals surface area contributed by atoms with Crippen LogP contribution in [0.5, 0.6) is 0 Å². The van der Waals surface area contributed by atoms with Gasteiger partial charge in [-0.05, 0) is 38.1 Å². The van der Waals surface area contributed by atoms with Gasteiger partial charge in [0.05, 0.1) is 5.69 Å². The molecule has 4 heteroatoms. The van der Waals surface area contributed by atoms with E-state index >= 15 is 0 Å². The first-order valence-electron chi connectivity index (χ1n) is 5.33. The molecule has 0 atom stereocenters. The van der Waals surface area contributed by atoms with Crippen molar-refractivity contribution in [1.82, 2.24) is 10.2 Å². The standard InChI is InChI=1S/C13H13N3O/c1-9-3-6-11(7-4-9)14-13(17)12-8-5-10(2)15-16-12/h3-8H,1-2H3,(H,14,17). The highest BCUT2D eigenvalue weighted by atomic mass is 16.1. The maximum atomic E-state index is 11.8. The third-order valence-electron chi connectivity index (χ3n) is 2.34. The Hall–Kier alpha value is -2.23. The lowest BCUT2D eigenvalue weighted by molar-refractivity contribution is 0.102. The van der Waals surface area contributed by atoms with E-state index in [0.29, 0.717) is 5.69 Å². The van der Waals surface area contributed by atoms with E-state index in [9.17, 15) is 4.79 Å². The van der Waals surface area contributed by atoms with E-state index in [1.807, 2.05) is 38.1 Å². The molecule has 4 nitrogen and oxygen atoms in total. The Morgan fingerprint density at radius 3 is 2.29 bits per heavy atom. The van der Waals surface area contributed by atoms with Gasteiger partial charge in [0.15, 0.2) is 5.69 Å². The number of hydrogen-bond donors (Lipinski definition) is 1. The highest BCUT2D eigenvalue weighted by molar-refractivity contribution is 6.02. The molecule has 0 aliphatic rings. The van der Waals surface area contributed by atoms with E-state index in [-0.39, 0.29) is 5.91 Å². The first-order chi connectivity index (χ1) is 8.15. The van der Waals surface area contributed by atoms with Crippen LogP contribution in [0.4, 0.5) is 5.69 Å². The molecule has 1 heterocycles. The second kappa shape index (κ2) is 4.74. The van der Waals surface area contributed by atoms with E-state index in [0.717, 1.165) is 16.9 Å². The van der Waals surface area contributed by atoms with Crippen molar-refractivity contribution in [2.24, 2.45) is 0 Å². The Kier molecular flexibility index (Phi) is 3.14. The molecule has 0 saturated carbocycles. The summed E-state index contributed by atoms with van der Waals surface area (Å²) < 4.78 is 0. The molecule has 0 aliphatic heterocycles. The van der Waals surface area contributed by atoms with Gasteiger partial charge >= 0.3 is 0 Å². The molecule has 2 aromatic rings. The van der Waals surface area contributed by atoms with Crippen molar-refractivity contribution in [3.8, 4) is 0 Å². The average molecular weight is 227 g/mol. The number of nitrogens with zero attached hydrogens (tertiary/aromatic N) is 2. The van der Waals surface area contributed by atoms with E-state index < -0.39 is 0 Å². The normalized spacial score (nSPS) is 10.0. The molecule has 2 rings (SSSR count). The summed E-state index contributed by atoms with van der Waals surface area (Å²) in [6, 6.07) is 11.0. The Bertz CT molecular complexity index is 517. The lowest BCUT2D eigenvalue weighted by Gasteiger charge is -2.04. The fourth-order valence-electron chi connectivity index (χ4n) is 1.35. The quantitative estimate of drug-likeness (QED) is 0.856. The number of anilines is 1. The average Bonchev–Trinajstić information content (AvgIpc) is 2.33. The molecule has 0 aliphatic carbocycles.